The van der Waals surface area contributed by atoms with E-state index in [0.717, 1.165) is 11.4 Å². The van der Waals surface area contributed by atoms with Crippen LogP contribution in [-0.4, -0.2) is 21.3 Å². The molecule has 0 aliphatic rings. The number of hydrogen-bond acceptors (Lipinski definition) is 3. The number of halogens is 6. The first-order chi connectivity index (χ1) is 10.8. The Morgan fingerprint density at radius 2 is 1.46 bits per heavy atom. The van der Waals surface area contributed by atoms with Gasteiger partial charge in [-0.15, -0.1) is 0 Å². The van der Waals surface area contributed by atoms with Gasteiger partial charge in [0.1, 0.15) is 0 Å². The van der Waals surface area contributed by atoms with E-state index in [1.807, 2.05) is 36.4 Å². The van der Waals surface area contributed by atoms with Gasteiger partial charge in [-0.1, -0.05) is 18.2 Å². The monoisotopic (exact) mass is 415 g/mol. The van der Waals surface area contributed by atoms with Gasteiger partial charge in [0.05, 0.1) is 7.11 Å². The second kappa shape index (κ2) is 6.24. The van der Waals surface area contributed by atoms with Crippen molar-refractivity contribution >= 4 is 31.2 Å². The Hall–Kier alpha value is -2.40. The van der Waals surface area contributed by atoms with Gasteiger partial charge in [0.15, 0.2) is 4.98 Å². The summed E-state index contributed by atoms with van der Waals surface area (Å²) >= 11 is -11.1. The van der Waals surface area contributed by atoms with Crippen LogP contribution < -0.4 is 10.1 Å². The van der Waals surface area contributed by atoms with E-state index in [1.165, 1.54) is 7.11 Å². The van der Waals surface area contributed by atoms with Gasteiger partial charge in [-0.05, 0) is 18.2 Å². The zero-order valence-electron chi connectivity index (χ0n) is 12.1. The molecule has 0 atom stereocenters. The quantitative estimate of drug-likeness (QED) is 0.377. The molecule has 0 unspecified atom stereocenters. The summed E-state index contributed by atoms with van der Waals surface area (Å²) in [5, 5.41) is 12.0. The van der Waals surface area contributed by atoms with Gasteiger partial charge in [0.2, 0.25) is 11.1 Å². The van der Waals surface area contributed by atoms with Crippen LogP contribution in [0.3, 0.4) is 0 Å². The van der Waals surface area contributed by atoms with Crippen LogP contribution in [-0.2, 0) is 0 Å². The topological polar surface area (TPSA) is 49.4 Å². The maximum atomic E-state index is 9.91. The molecular formula is C13H12AsF6N3O. The summed E-state index contributed by atoms with van der Waals surface area (Å²) in [6, 6.07) is 15.1. The molecule has 132 valence electrons. The van der Waals surface area contributed by atoms with Crippen molar-refractivity contribution < 1.29 is 25.5 Å². The van der Waals surface area contributed by atoms with Gasteiger partial charge >= 0.3 is 40.7 Å². The number of rotatable bonds is 3. The third kappa shape index (κ3) is 9.58. The molecule has 0 spiro atoms. The second-order valence-electron chi connectivity index (χ2n) is 4.44. The zero-order valence-corrected chi connectivity index (χ0v) is 14.0. The van der Waals surface area contributed by atoms with E-state index in [1.54, 1.807) is 12.1 Å². The van der Waals surface area contributed by atoms with Crippen LogP contribution >= 0.6 is 0 Å². The van der Waals surface area contributed by atoms with E-state index in [0.29, 0.717) is 11.4 Å². The summed E-state index contributed by atoms with van der Waals surface area (Å²) < 4.78 is 64.6. The predicted molar refractivity (Wildman–Crippen MR) is 79.9 cm³/mol. The molecule has 0 saturated carbocycles. The SMILES string of the molecule is COc1cc(Nc2ccccc2)ccc1[N+]#N.F[As-](F)(F)(F)(F)F. The van der Waals surface area contributed by atoms with Crippen molar-refractivity contribution in [3.05, 3.63) is 53.5 Å². The van der Waals surface area contributed by atoms with E-state index >= 15 is 0 Å². The van der Waals surface area contributed by atoms with E-state index in [9.17, 15) is 20.8 Å². The van der Waals surface area contributed by atoms with Crippen molar-refractivity contribution in [3.63, 3.8) is 0 Å². The fourth-order valence-electron chi connectivity index (χ4n) is 1.53. The first-order valence-electron chi connectivity index (χ1n) is 6.20. The Morgan fingerprint density at radius 3 is 1.92 bits per heavy atom. The summed E-state index contributed by atoms with van der Waals surface area (Å²) in [4.78, 5) is 3.14. The van der Waals surface area contributed by atoms with E-state index < -0.39 is 14.2 Å². The van der Waals surface area contributed by atoms with Crippen molar-refractivity contribution in [2.24, 2.45) is 0 Å². The molecule has 0 amide bonds. The van der Waals surface area contributed by atoms with E-state index in [4.69, 9.17) is 10.1 Å². The number of benzene rings is 2. The molecule has 2 aromatic rings. The summed E-state index contributed by atoms with van der Waals surface area (Å²) in [6.07, 6.45) is 0. The first-order valence-corrected chi connectivity index (χ1v) is 10.5. The van der Waals surface area contributed by atoms with Crippen molar-refractivity contribution in [2.75, 3.05) is 12.4 Å². The minimum absolute atomic E-state index is 0.408. The average molecular weight is 415 g/mol. The van der Waals surface area contributed by atoms with Gasteiger partial charge in [-0.3, -0.25) is 0 Å². The molecule has 0 aliphatic carbocycles. The molecule has 4 nitrogen and oxygen atoms in total. The molecule has 11 heteroatoms. The number of nitrogens with zero attached hydrogens (tertiary/aromatic N) is 2. The molecule has 0 bridgehead atoms. The van der Waals surface area contributed by atoms with Crippen LogP contribution in [0.15, 0.2) is 48.5 Å². The number of nitrogens with one attached hydrogen (secondary N) is 1. The molecule has 0 radical (unpaired) electrons. The van der Waals surface area contributed by atoms with Gasteiger partial charge in [0, 0.05) is 23.5 Å². The first kappa shape index (κ1) is 19.6. The molecule has 2 rings (SSSR count). The number of anilines is 2. The Labute approximate surface area is 134 Å². The molecule has 2 aromatic carbocycles. The van der Waals surface area contributed by atoms with Crippen LogP contribution in [0.4, 0.5) is 37.9 Å². The average Bonchev–Trinajstić information content (AvgIpc) is 2.45. The van der Waals surface area contributed by atoms with Gasteiger partial charge in [0.25, 0.3) is 0 Å². The van der Waals surface area contributed by atoms with Crippen LogP contribution in [0, 0.1) is 5.39 Å². The summed E-state index contributed by atoms with van der Waals surface area (Å²) in [6.45, 7) is 0. The van der Waals surface area contributed by atoms with Gasteiger partial charge < -0.3 is 10.1 Å². The summed E-state index contributed by atoms with van der Waals surface area (Å²) in [7, 11) is 1.54. The Kier molecular flexibility index (Phi) is 5.11. The van der Waals surface area contributed by atoms with E-state index in [2.05, 4.69) is 10.3 Å². The van der Waals surface area contributed by atoms with Crippen molar-refractivity contribution in [1.29, 1.82) is 5.39 Å². The molecule has 0 saturated heterocycles. The second-order valence-corrected chi connectivity index (χ2v) is 8.46. The van der Waals surface area contributed by atoms with Gasteiger partial charge in [-0.2, -0.15) is 0 Å². The molecular weight excluding hydrogens is 403 g/mol. The van der Waals surface area contributed by atoms with Crippen LogP contribution in [0.2, 0.25) is 0 Å². The third-order valence-electron chi connectivity index (χ3n) is 2.35. The summed E-state index contributed by atoms with van der Waals surface area (Å²) in [5.41, 5.74) is 2.27. The maximum absolute atomic E-state index is 11.1. The van der Waals surface area contributed by atoms with Crippen LogP contribution in [0.5, 0.6) is 5.75 Å². The normalized spacial score (nSPS) is 13.4. The molecule has 0 heterocycles. The fraction of sp³-hybridized carbons (Fsp3) is 0.0769. The number of hydrogen-bond donors (Lipinski definition) is 1. The number of methoxy groups -OCH3 is 1. The van der Waals surface area contributed by atoms with Crippen molar-refractivity contribution in [1.82, 2.24) is 0 Å². The Bertz CT molecular complexity index is 732. The zero-order chi connectivity index (χ0) is 18.5. The predicted octanol–water partition coefficient (Wildman–Crippen LogP) is 6.06. The van der Waals surface area contributed by atoms with E-state index in [-0.39, 0.29) is 0 Å². The van der Waals surface area contributed by atoms with Crippen LogP contribution in [0.25, 0.3) is 4.98 Å². The Morgan fingerprint density at radius 1 is 0.917 bits per heavy atom. The summed E-state index contributed by atoms with van der Waals surface area (Å²) in [5.74, 6) is 0.522. The molecule has 1 N–H and O–H groups in total. The molecule has 0 fully saturated rings. The third-order valence-corrected chi connectivity index (χ3v) is 2.35. The molecule has 0 aromatic heterocycles. The van der Waals surface area contributed by atoms with Crippen molar-refractivity contribution in [2.45, 2.75) is 0 Å². The molecule has 0 aliphatic heterocycles. The number of para-hydroxylation sites is 1. The van der Waals surface area contributed by atoms with Crippen LogP contribution in [0.1, 0.15) is 0 Å². The minimum atomic E-state index is -11.1. The van der Waals surface area contributed by atoms with Crippen molar-refractivity contribution in [3.8, 4) is 5.75 Å². The Balaban J connectivity index is 0.000000351. The fourth-order valence-corrected chi connectivity index (χ4v) is 1.53. The standard InChI is InChI=1S/C13H12N3O.AsF6/c1-17-13-9-11(7-8-12(13)16-14)15-10-5-3-2-4-6-10;2-1(3,4,5,6)7/h2-9,15H,1H3;/q+1;-1. The van der Waals surface area contributed by atoms with Gasteiger partial charge in [-0.25, -0.2) is 0 Å². The number of ether oxygens (including phenoxy) is 1. The molecule has 24 heavy (non-hydrogen) atoms. The number of diazo groups is 1.